The van der Waals surface area contributed by atoms with E-state index in [0.717, 1.165) is 11.5 Å². The van der Waals surface area contributed by atoms with Crippen molar-refractivity contribution >= 4 is 32.8 Å². The number of aromatic nitrogens is 3. The van der Waals surface area contributed by atoms with Gasteiger partial charge in [0.1, 0.15) is 18.0 Å². The second-order valence-corrected chi connectivity index (χ2v) is 7.21. The molecule has 4 rings (SSSR count). The Morgan fingerprint density at radius 1 is 1.26 bits per heavy atom. The molecule has 1 aliphatic heterocycles. The van der Waals surface area contributed by atoms with Gasteiger partial charge in [-0.1, -0.05) is 11.8 Å². The number of benzene rings is 1. The highest BCUT2D eigenvalue weighted by atomic mass is 32.2. The molecule has 11 heteroatoms. The van der Waals surface area contributed by atoms with Gasteiger partial charge >= 0.3 is 10.2 Å². The number of halogens is 1. The first-order valence-electron chi connectivity index (χ1n) is 7.51. The molecule has 0 spiro atoms. The molecule has 1 aliphatic rings. The van der Waals surface area contributed by atoms with Gasteiger partial charge in [0, 0.05) is 17.1 Å². The van der Waals surface area contributed by atoms with E-state index in [1.165, 1.54) is 12.3 Å². The summed E-state index contributed by atoms with van der Waals surface area (Å²) in [5, 5.41) is 17.2. The van der Waals surface area contributed by atoms with E-state index in [9.17, 15) is 22.7 Å². The number of pyridine rings is 1. The fraction of sp³-hybridized carbons (Fsp3) is 0.0625. The van der Waals surface area contributed by atoms with Gasteiger partial charge in [-0.15, -0.1) is 0 Å². The molecule has 3 aromatic rings. The van der Waals surface area contributed by atoms with Crippen LogP contribution in [-0.4, -0.2) is 41.2 Å². The minimum atomic E-state index is -4.27. The molecule has 3 N–H and O–H groups in total. The average Bonchev–Trinajstić information content (AvgIpc) is 3.17. The summed E-state index contributed by atoms with van der Waals surface area (Å²) < 4.78 is 40.9. The molecule has 27 heavy (non-hydrogen) atoms. The first-order chi connectivity index (χ1) is 12.8. The fourth-order valence-electron chi connectivity index (χ4n) is 2.58. The number of rotatable bonds is 1. The number of hydrogen-bond acceptors (Lipinski definition) is 6. The van der Waals surface area contributed by atoms with Gasteiger partial charge in [-0.2, -0.15) is 13.5 Å². The van der Waals surface area contributed by atoms with Gasteiger partial charge in [-0.3, -0.25) is 9.89 Å². The second-order valence-electron chi connectivity index (χ2n) is 5.61. The summed E-state index contributed by atoms with van der Waals surface area (Å²) in [5.41, 5.74) is 0.284. The topological polar surface area (TPSA) is 128 Å². The maximum Gasteiger partial charge on any atom is 0.326 e. The Labute approximate surface area is 152 Å². The van der Waals surface area contributed by atoms with Gasteiger partial charge in [0.05, 0.1) is 11.8 Å². The normalized spacial score (nSPS) is 15.4. The molecule has 2 aromatic heterocycles. The number of hydrogen-bond donors (Lipinski definition) is 3. The number of aromatic hydroxyl groups is 1. The minimum Gasteiger partial charge on any atom is -0.506 e. The number of carbonyl (C=O) groups is 1. The number of aromatic amines is 1. The number of fused-ring (bicyclic) bond motifs is 1. The minimum absolute atomic E-state index is 0.148. The van der Waals surface area contributed by atoms with E-state index in [-0.39, 0.29) is 5.56 Å². The maximum absolute atomic E-state index is 14.8. The van der Waals surface area contributed by atoms with Crippen LogP contribution in [0, 0.1) is 17.7 Å². The van der Waals surface area contributed by atoms with Crippen LogP contribution >= 0.6 is 0 Å². The third-order valence-electron chi connectivity index (χ3n) is 3.80. The highest BCUT2D eigenvalue weighted by Crippen LogP contribution is 2.34. The summed E-state index contributed by atoms with van der Waals surface area (Å²) in [6.07, 6.45) is 3.04. The molecular weight excluding hydrogens is 377 g/mol. The summed E-state index contributed by atoms with van der Waals surface area (Å²) in [4.78, 5) is 15.5. The zero-order chi connectivity index (χ0) is 19.2. The van der Waals surface area contributed by atoms with Crippen molar-refractivity contribution in [3.8, 4) is 17.6 Å². The van der Waals surface area contributed by atoms with Crippen LogP contribution in [0.2, 0.25) is 0 Å². The Kier molecular flexibility index (Phi) is 3.71. The smallest absolute Gasteiger partial charge is 0.326 e. The van der Waals surface area contributed by atoms with Crippen molar-refractivity contribution in [1.29, 1.82) is 0 Å². The SMILES string of the molecule is O=C1CN(c2c(O)ccc(C#Cc3cnc4[nH]ncc4c3)c2F)S(=O)(=O)N1. The van der Waals surface area contributed by atoms with Crippen LogP contribution in [0.25, 0.3) is 11.0 Å². The Morgan fingerprint density at radius 2 is 2.07 bits per heavy atom. The van der Waals surface area contributed by atoms with Crippen molar-refractivity contribution in [1.82, 2.24) is 19.9 Å². The predicted octanol–water partition coefficient (Wildman–Crippen LogP) is 0.383. The van der Waals surface area contributed by atoms with Crippen LogP contribution in [0.1, 0.15) is 11.1 Å². The first kappa shape index (κ1) is 16.8. The molecule has 1 fully saturated rings. The molecule has 9 nitrogen and oxygen atoms in total. The zero-order valence-corrected chi connectivity index (χ0v) is 14.2. The molecule has 1 saturated heterocycles. The lowest BCUT2D eigenvalue weighted by Gasteiger charge is -2.17. The summed E-state index contributed by atoms with van der Waals surface area (Å²) in [5.74, 6) is 2.80. The van der Waals surface area contributed by atoms with Crippen molar-refractivity contribution in [2.75, 3.05) is 10.8 Å². The van der Waals surface area contributed by atoms with Gasteiger partial charge in [-0.25, -0.2) is 18.4 Å². The molecule has 0 unspecified atom stereocenters. The second kappa shape index (κ2) is 5.96. The van der Waals surface area contributed by atoms with Crippen molar-refractivity contribution in [3.05, 3.63) is 47.5 Å². The fourth-order valence-corrected chi connectivity index (χ4v) is 3.74. The molecule has 136 valence electrons. The number of phenols is 1. The molecule has 1 aromatic carbocycles. The quantitative estimate of drug-likeness (QED) is 0.518. The van der Waals surface area contributed by atoms with Gasteiger partial charge in [0.25, 0.3) is 5.91 Å². The highest BCUT2D eigenvalue weighted by molar-refractivity contribution is 7.92. The molecule has 1 amide bonds. The van der Waals surface area contributed by atoms with Crippen LogP contribution in [0.15, 0.2) is 30.6 Å². The Balaban J connectivity index is 1.76. The molecule has 0 radical (unpaired) electrons. The molecule has 0 atom stereocenters. The van der Waals surface area contributed by atoms with E-state index in [1.54, 1.807) is 17.0 Å². The summed E-state index contributed by atoms with van der Waals surface area (Å²) in [7, 11) is -4.27. The number of phenolic OH excluding ortho intramolecular Hbond substituents is 1. The predicted molar refractivity (Wildman–Crippen MR) is 92.3 cm³/mol. The van der Waals surface area contributed by atoms with Crippen LogP contribution in [0.3, 0.4) is 0 Å². The van der Waals surface area contributed by atoms with Crippen molar-refractivity contribution in [3.63, 3.8) is 0 Å². The van der Waals surface area contributed by atoms with E-state index < -0.39 is 39.9 Å². The summed E-state index contributed by atoms with van der Waals surface area (Å²) >= 11 is 0. The first-order valence-corrected chi connectivity index (χ1v) is 8.95. The average molecular weight is 387 g/mol. The van der Waals surface area contributed by atoms with Gasteiger partial charge in [0.2, 0.25) is 0 Å². The van der Waals surface area contributed by atoms with Crippen LogP contribution in [-0.2, 0) is 15.0 Å². The zero-order valence-electron chi connectivity index (χ0n) is 13.4. The van der Waals surface area contributed by atoms with E-state index in [2.05, 4.69) is 27.0 Å². The monoisotopic (exact) mass is 387 g/mol. The third-order valence-corrected chi connectivity index (χ3v) is 5.17. The van der Waals surface area contributed by atoms with E-state index in [1.807, 2.05) is 0 Å². The summed E-state index contributed by atoms with van der Waals surface area (Å²) in [6.45, 7) is -0.634. The van der Waals surface area contributed by atoms with Crippen molar-refractivity contribution < 1.29 is 22.7 Å². The van der Waals surface area contributed by atoms with Crippen LogP contribution < -0.4 is 9.03 Å². The largest absolute Gasteiger partial charge is 0.506 e. The van der Waals surface area contributed by atoms with Gasteiger partial charge in [-0.05, 0) is 18.2 Å². The Morgan fingerprint density at radius 3 is 2.81 bits per heavy atom. The van der Waals surface area contributed by atoms with Gasteiger partial charge in [0.15, 0.2) is 11.5 Å². The number of carbonyl (C=O) groups excluding carboxylic acids is 1. The standard InChI is InChI=1S/C16H10FN5O4S/c17-14-10(2-1-9-5-11-7-19-20-16(11)18-6-9)3-4-12(23)15(14)22-8-13(24)21-27(22,25)26/h3-7,23H,8H2,(H,21,24)(H,18,19,20). The molecule has 0 aliphatic carbocycles. The lowest BCUT2D eigenvalue weighted by molar-refractivity contribution is -0.117. The van der Waals surface area contributed by atoms with Crippen LogP contribution in [0.5, 0.6) is 5.75 Å². The third kappa shape index (κ3) is 2.91. The van der Waals surface area contributed by atoms with Crippen molar-refractivity contribution in [2.45, 2.75) is 0 Å². The van der Waals surface area contributed by atoms with E-state index >= 15 is 0 Å². The number of amides is 1. The molecule has 0 bridgehead atoms. The Bertz CT molecular complexity index is 1260. The number of nitrogens with zero attached hydrogens (tertiary/aromatic N) is 3. The highest BCUT2D eigenvalue weighted by Gasteiger charge is 2.37. The number of H-pyrrole nitrogens is 1. The lowest BCUT2D eigenvalue weighted by atomic mass is 10.1. The molecular formula is C16H10FN5O4S. The lowest BCUT2D eigenvalue weighted by Crippen LogP contribution is -2.30. The van der Waals surface area contributed by atoms with Gasteiger partial charge < -0.3 is 5.11 Å². The van der Waals surface area contributed by atoms with E-state index in [0.29, 0.717) is 15.5 Å². The Hall–Kier alpha value is -3.65. The number of nitrogens with one attached hydrogen (secondary N) is 2. The van der Waals surface area contributed by atoms with E-state index in [4.69, 9.17) is 0 Å². The maximum atomic E-state index is 14.8. The van der Waals surface area contributed by atoms with Crippen molar-refractivity contribution in [2.24, 2.45) is 0 Å². The molecule has 3 heterocycles. The van der Waals surface area contributed by atoms with Crippen LogP contribution in [0.4, 0.5) is 10.1 Å². The number of anilines is 1. The molecule has 0 saturated carbocycles. The summed E-state index contributed by atoms with van der Waals surface area (Å²) in [6, 6.07) is 4.02.